The number of hydrogen-bond acceptors (Lipinski definition) is 6. The smallest absolute Gasteiger partial charge is 0.233 e. The van der Waals surface area contributed by atoms with Gasteiger partial charge in [-0.25, -0.2) is 4.68 Å². The molecule has 1 N–H and O–H groups in total. The quantitative estimate of drug-likeness (QED) is 0.737. The summed E-state index contributed by atoms with van der Waals surface area (Å²) in [7, 11) is 1.64. The van der Waals surface area contributed by atoms with Gasteiger partial charge < -0.3 is 10.1 Å². The standard InChI is InChI=1S/C15H21N5O2S/c1-4-20-15(17-18-19-20)23-11(2)14(21)16-10-9-12-5-7-13(22-3)8-6-12/h5-8,11H,4,9-10H2,1-3H3,(H,16,21)/t11-/m0/s1. The molecule has 8 heteroatoms. The Morgan fingerprint density at radius 2 is 2.13 bits per heavy atom. The Morgan fingerprint density at radius 3 is 2.78 bits per heavy atom. The number of benzene rings is 1. The number of rotatable bonds is 8. The molecule has 7 nitrogen and oxygen atoms in total. The van der Waals surface area contributed by atoms with Crippen LogP contribution in [0.1, 0.15) is 19.4 Å². The monoisotopic (exact) mass is 335 g/mol. The van der Waals surface area contributed by atoms with Gasteiger partial charge in [-0.05, 0) is 48.4 Å². The van der Waals surface area contributed by atoms with Gasteiger partial charge in [0.15, 0.2) is 0 Å². The summed E-state index contributed by atoms with van der Waals surface area (Å²) in [6.45, 7) is 5.08. The number of carbonyl (C=O) groups excluding carboxylic acids is 1. The largest absolute Gasteiger partial charge is 0.497 e. The van der Waals surface area contributed by atoms with E-state index in [1.807, 2.05) is 38.1 Å². The molecule has 1 amide bonds. The minimum Gasteiger partial charge on any atom is -0.497 e. The van der Waals surface area contributed by atoms with Crippen LogP contribution in [0.5, 0.6) is 5.75 Å². The number of aromatic nitrogens is 4. The molecule has 0 aliphatic heterocycles. The summed E-state index contributed by atoms with van der Waals surface area (Å²) < 4.78 is 6.79. The Bertz CT molecular complexity index is 629. The van der Waals surface area contributed by atoms with Crippen molar-refractivity contribution in [2.45, 2.75) is 37.2 Å². The van der Waals surface area contributed by atoms with Crippen LogP contribution in [0.25, 0.3) is 0 Å². The van der Waals surface area contributed by atoms with Crippen molar-refractivity contribution in [3.63, 3.8) is 0 Å². The summed E-state index contributed by atoms with van der Waals surface area (Å²) in [6, 6.07) is 7.83. The maximum absolute atomic E-state index is 12.1. The Kier molecular flexibility index (Phi) is 6.40. The van der Waals surface area contributed by atoms with Crippen molar-refractivity contribution in [3.05, 3.63) is 29.8 Å². The van der Waals surface area contributed by atoms with E-state index in [-0.39, 0.29) is 11.2 Å². The van der Waals surface area contributed by atoms with E-state index in [4.69, 9.17) is 4.74 Å². The molecule has 1 heterocycles. The molecule has 23 heavy (non-hydrogen) atoms. The summed E-state index contributed by atoms with van der Waals surface area (Å²) in [5.74, 6) is 0.811. The third-order valence-corrected chi connectivity index (χ3v) is 4.39. The van der Waals surface area contributed by atoms with Gasteiger partial charge in [-0.2, -0.15) is 0 Å². The molecule has 0 aliphatic rings. The van der Waals surface area contributed by atoms with Gasteiger partial charge in [0.25, 0.3) is 0 Å². The zero-order valence-corrected chi connectivity index (χ0v) is 14.3. The molecule has 2 aromatic rings. The lowest BCUT2D eigenvalue weighted by Gasteiger charge is -2.11. The highest BCUT2D eigenvalue weighted by Gasteiger charge is 2.17. The number of tetrazole rings is 1. The first kappa shape index (κ1) is 17.3. The average Bonchev–Trinajstić information content (AvgIpc) is 3.02. The third kappa shape index (κ3) is 4.95. The van der Waals surface area contributed by atoms with Crippen LogP contribution in [-0.2, 0) is 17.8 Å². The molecule has 0 spiro atoms. The van der Waals surface area contributed by atoms with Crippen molar-refractivity contribution in [1.29, 1.82) is 0 Å². The molecule has 124 valence electrons. The van der Waals surface area contributed by atoms with Gasteiger partial charge in [0.2, 0.25) is 11.1 Å². The second-order valence-electron chi connectivity index (χ2n) is 4.93. The Balaban J connectivity index is 1.77. The highest BCUT2D eigenvalue weighted by atomic mass is 32.2. The fourth-order valence-corrected chi connectivity index (χ4v) is 2.83. The van der Waals surface area contributed by atoms with Gasteiger partial charge in [-0.15, -0.1) is 5.10 Å². The third-order valence-electron chi connectivity index (χ3n) is 3.32. The van der Waals surface area contributed by atoms with Gasteiger partial charge in [-0.1, -0.05) is 23.9 Å². The van der Waals surface area contributed by atoms with E-state index < -0.39 is 0 Å². The first-order valence-corrected chi connectivity index (χ1v) is 8.35. The summed E-state index contributed by atoms with van der Waals surface area (Å²) in [6.07, 6.45) is 0.778. The van der Waals surface area contributed by atoms with E-state index in [1.165, 1.54) is 11.8 Å². The van der Waals surface area contributed by atoms with Crippen LogP contribution < -0.4 is 10.1 Å². The second kappa shape index (κ2) is 8.52. The lowest BCUT2D eigenvalue weighted by molar-refractivity contribution is -0.120. The van der Waals surface area contributed by atoms with E-state index in [1.54, 1.807) is 11.8 Å². The summed E-state index contributed by atoms with van der Waals surface area (Å²) >= 11 is 1.36. The van der Waals surface area contributed by atoms with Gasteiger partial charge >= 0.3 is 0 Å². The van der Waals surface area contributed by atoms with Crippen molar-refractivity contribution in [2.75, 3.05) is 13.7 Å². The maximum atomic E-state index is 12.1. The summed E-state index contributed by atoms with van der Waals surface area (Å²) in [5, 5.41) is 14.8. The van der Waals surface area contributed by atoms with Crippen LogP contribution in [0, 0.1) is 0 Å². The van der Waals surface area contributed by atoms with E-state index in [9.17, 15) is 4.79 Å². The van der Waals surface area contributed by atoms with E-state index >= 15 is 0 Å². The van der Waals surface area contributed by atoms with Crippen molar-refractivity contribution in [1.82, 2.24) is 25.5 Å². The van der Waals surface area contributed by atoms with Crippen LogP contribution in [0.4, 0.5) is 0 Å². The molecule has 0 radical (unpaired) electrons. The Labute approximate surface area is 139 Å². The summed E-state index contributed by atoms with van der Waals surface area (Å²) in [4.78, 5) is 12.1. The topological polar surface area (TPSA) is 81.9 Å². The normalized spacial score (nSPS) is 12.0. The van der Waals surface area contributed by atoms with E-state index in [0.29, 0.717) is 18.2 Å². The van der Waals surface area contributed by atoms with Crippen LogP contribution in [0.15, 0.2) is 29.4 Å². The number of amides is 1. The highest BCUT2D eigenvalue weighted by Crippen LogP contribution is 2.20. The summed E-state index contributed by atoms with van der Waals surface area (Å²) in [5.41, 5.74) is 1.15. The number of aryl methyl sites for hydroxylation is 1. The van der Waals surface area contributed by atoms with Gasteiger partial charge in [0.05, 0.1) is 12.4 Å². The van der Waals surface area contributed by atoms with Gasteiger partial charge in [0, 0.05) is 13.1 Å². The van der Waals surface area contributed by atoms with E-state index in [0.717, 1.165) is 17.7 Å². The van der Waals surface area contributed by atoms with Crippen molar-refractivity contribution >= 4 is 17.7 Å². The zero-order valence-electron chi connectivity index (χ0n) is 13.5. The Morgan fingerprint density at radius 1 is 1.39 bits per heavy atom. The SMILES string of the molecule is CCn1nnnc1S[C@@H](C)C(=O)NCCc1ccc(OC)cc1. The lowest BCUT2D eigenvalue weighted by Crippen LogP contribution is -2.32. The zero-order chi connectivity index (χ0) is 16.7. The molecule has 1 atom stereocenters. The Hall–Kier alpha value is -2.09. The molecule has 0 saturated heterocycles. The van der Waals surface area contributed by atoms with Crippen LogP contribution in [-0.4, -0.2) is 45.0 Å². The fourth-order valence-electron chi connectivity index (χ4n) is 1.96. The minimum absolute atomic E-state index is 0.0193. The first-order chi connectivity index (χ1) is 11.1. The molecule has 0 saturated carbocycles. The van der Waals surface area contributed by atoms with Crippen LogP contribution in [0.2, 0.25) is 0 Å². The van der Waals surface area contributed by atoms with Gasteiger partial charge in [-0.3, -0.25) is 4.79 Å². The molecule has 1 aromatic heterocycles. The van der Waals surface area contributed by atoms with Crippen molar-refractivity contribution in [3.8, 4) is 5.75 Å². The van der Waals surface area contributed by atoms with E-state index in [2.05, 4.69) is 20.8 Å². The number of carbonyl (C=O) groups is 1. The number of hydrogen-bond donors (Lipinski definition) is 1. The predicted molar refractivity (Wildman–Crippen MR) is 88.5 cm³/mol. The molecule has 1 aromatic carbocycles. The van der Waals surface area contributed by atoms with Crippen LogP contribution >= 0.6 is 11.8 Å². The predicted octanol–water partition coefficient (Wildman–Crippen LogP) is 1.54. The highest BCUT2D eigenvalue weighted by molar-refractivity contribution is 8.00. The molecule has 0 unspecified atom stereocenters. The molecule has 2 rings (SSSR count). The minimum atomic E-state index is -0.248. The molecule has 0 aliphatic carbocycles. The number of thioether (sulfide) groups is 1. The number of nitrogens with one attached hydrogen (secondary N) is 1. The fraction of sp³-hybridized carbons (Fsp3) is 0.467. The first-order valence-electron chi connectivity index (χ1n) is 7.47. The van der Waals surface area contributed by atoms with Crippen molar-refractivity contribution < 1.29 is 9.53 Å². The number of nitrogens with zero attached hydrogens (tertiary/aromatic N) is 4. The molecule has 0 fully saturated rings. The number of methoxy groups -OCH3 is 1. The lowest BCUT2D eigenvalue weighted by atomic mass is 10.1. The molecule has 0 bridgehead atoms. The average molecular weight is 335 g/mol. The van der Waals surface area contributed by atoms with Crippen molar-refractivity contribution in [2.24, 2.45) is 0 Å². The second-order valence-corrected chi connectivity index (χ2v) is 6.23. The number of ether oxygens (including phenoxy) is 1. The molecular weight excluding hydrogens is 314 g/mol. The maximum Gasteiger partial charge on any atom is 0.233 e. The van der Waals surface area contributed by atoms with Gasteiger partial charge in [0.1, 0.15) is 5.75 Å². The van der Waals surface area contributed by atoms with Crippen LogP contribution in [0.3, 0.4) is 0 Å². The molecular formula is C15H21N5O2S.